The molecule has 2 nitrogen and oxygen atoms in total. The van der Waals surface area contributed by atoms with Crippen LogP contribution in [-0.4, -0.2) is 0 Å². The van der Waals surface area contributed by atoms with E-state index in [0.29, 0.717) is 0 Å². The number of para-hydroxylation sites is 1. The van der Waals surface area contributed by atoms with Crippen molar-refractivity contribution in [2.24, 2.45) is 0 Å². The minimum Gasteiger partial charge on any atom is -0.457 e. The molecule has 8 rings (SSSR count). The fourth-order valence-corrected chi connectivity index (χ4v) is 6.51. The minimum atomic E-state index is -0.457. The molecule has 0 radical (unpaired) electrons. The highest BCUT2D eigenvalue weighted by molar-refractivity contribution is 5.89. The molecule has 0 unspecified atom stereocenters. The van der Waals surface area contributed by atoms with Crippen LogP contribution in [0.4, 0.5) is 11.4 Å². The molecule has 0 amide bonds. The number of benzene rings is 6. The Morgan fingerprint density at radius 3 is 1.77 bits per heavy atom. The van der Waals surface area contributed by atoms with Gasteiger partial charge in [-0.15, -0.1) is 0 Å². The highest BCUT2D eigenvalue weighted by Gasteiger charge is 2.50. The second-order valence-corrected chi connectivity index (χ2v) is 10.2. The summed E-state index contributed by atoms with van der Waals surface area (Å²) >= 11 is 0. The second kappa shape index (κ2) is 8.47. The molecule has 0 saturated carbocycles. The predicted octanol–water partition coefficient (Wildman–Crippen LogP) is 9.57. The lowest BCUT2D eigenvalue weighted by Crippen LogP contribution is -2.32. The predicted molar refractivity (Wildman–Crippen MR) is 159 cm³/mol. The highest BCUT2D eigenvalue weighted by Crippen LogP contribution is 2.62. The first kappa shape index (κ1) is 22.0. The quantitative estimate of drug-likeness (QED) is 0.261. The van der Waals surface area contributed by atoms with E-state index in [0.717, 1.165) is 28.4 Å². The Balaban J connectivity index is 1.32. The maximum atomic E-state index is 6.55. The van der Waals surface area contributed by atoms with Crippen LogP contribution in [-0.2, 0) is 5.41 Å². The van der Waals surface area contributed by atoms with Crippen LogP contribution in [0.1, 0.15) is 22.3 Å². The molecular formula is C37H25NO. The first-order chi connectivity index (χ1) is 19.3. The van der Waals surface area contributed by atoms with Crippen LogP contribution in [0.2, 0.25) is 0 Å². The van der Waals surface area contributed by atoms with Crippen LogP contribution in [0.5, 0.6) is 11.5 Å². The average Bonchev–Trinajstić information content (AvgIpc) is 3.29. The minimum absolute atomic E-state index is 0.457. The molecule has 0 bridgehead atoms. The van der Waals surface area contributed by atoms with Crippen molar-refractivity contribution in [3.8, 4) is 33.8 Å². The molecule has 0 aromatic heterocycles. The molecule has 1 spiro atoms. The van der Waals surface area contributed by atoms with Crippen LogP contribution >= 0.6 is 0 Å². The van der Waals surface area contributed by atoms with Gasteiger partial charge in [0.25, 0.3) is 0 Å². The molecule has 184 valence electrons. The van der Waals surface area contributed by atoms with Crippen molar-refractivity contribution in [1.29, 1.82) is 0 Å². The lowest BCUT2D eigenvalue weighted by atomic mass is 9.66. The van der Waals surface area contributed by atoms with E-state index < -0.39 is 5.41 Å². The first-order valence-corrected chi connectivity index (χ1v) is 13.4. The fraction of sp³-hybridized carbons (Fsp3) is 0.0270. The topological polar surface area (TPSA) is 21.3 Å². The maximum Gasteiger partial charge on any atom is 0.132 e. The van der Waals surface area contributed by atoms with Gasteiger partial charge in [0.15, 0.2) is 0 Å². The largest absolute Gasteiger partial charge is 0.457 e. The van der Waals surface area contributed by atoms with Crippen molar-refractivity contribution in [2.45, 2.75) is 5.41 Å². The monoisotopic (exact) mass is 499 g/mol. The van der Waals surface area contributed by atoms with Crippen LogP contribution in [0.25, 0.3) is 22.3 Å². The molecule has 0 saturated heterocycles. The Kier molecular flexibility index (Phi) is 4.77. The van der Waals surface area contributed by atoms with E-state index in [9.17, 15) is 0 Å². The average molecular weight is 500 g/mol. The van der Waals surface area contributed by atoms with Gasteiger partial charge in [-0.3, -0.25) is 0 Å². The Labute approximate surface area is 228 Å². The summed E-state index contributed by atoms with van der Waals surface area (Å²) in [6.07, 6.45) is 0. The van der Waals surface area contributed by atoms with Crippen molar-refractivity contribution in [1.82, 2.24) is 0 Å². The molecule has 2 aliphatic rings. The van der Waals surface area contributed by atoms with Crippen molar-refractivity contribution < 1.29 is 4.74 Å². The number of hydrogen-bond donors (Lipinski definition) is 1. The first-order valence-electron chi connectivity index (χ1n) is 13.4. The Morgan fingerprint density at radius 2 is 1.00 bits per heavy atom. The van der Waals surface area contributed by atoms with Gasteiger partial charge in [-0.2, -0.15) is 0 Å². The molecule has 1 heterocycles. The fourth-order valence-electron chi connectivity index (χ4n) is 6.51. The lowest BCUT2D eigenvalue weighted by Gasteiger charge is -2.39. The summed E-state index contributed by atoms with van der Waals surface area (Å²) in [5.41, 5.74) is 11.5. The molecule has 1 aliphatic heterocycles. The number of rotatable bonds is 3. The van der Waals surface area contributed by atoms with Crippen molar-refractivity contribution in [3.63, 3.8) is 0 Å². The molecule has 1 aliphatic carbocycles. The summed E-state index contributed by atoms with van der Waals surface area (Å²) in [4.78, 5) is 0. The van der Waals surface area contributed by atoms with E-state index in [1.165, 1.54) is 38.9 Å². The van der Waals surface area contributed by atoms with Gasteiger partial charge < -0.3 is 10.1 Å². The molecule has 2 heteroatoms. The van der Waals surface area contributed by atoms with Gasteiger partial charge in [-0.05, 0) is 69.8 Å². The summed E-state index contributed by atoms with van der Waals surface area (Å²) in [5, 5.41) is 3.69. The van der Waals surface area contributed by atoms with E-state index >= 15 is 0 Å². The highest BCUT2D eigenvalue weighted by atomic mass is 16.5. The molecule has 1 N–H and O–H groups in total. The van der Waals surface area contributed by atoms with Gasteiger partial charge in [0, 0.05) is 22.5 Å². The van der Waals surface area contributed by atoms with Gasteiger partial charge in [-0.1, -0.05) is 109 Å². The Bertz CT molecular complexity index is 1830. The summed E-state index contributed by atoms with van der Waals surface area (Å²) in [6, 6.07) is 51.7. The van der Waals surface area contributed by atoms with E-state index in [1.54, 1.807) is 0 Å². The summed E-state index contributed by atoms with van der Waals surface area (Å²) in [7, 11) is 0. The summed E-state index contributed by atoms with van der Waals surface area (Å²) in [6.45, 7) is 0. The van der Waals surface area contributed by atoms with Crippen LogP contribution in [0.3, 0.4) is 0 Å². The van der Waals surface area contributed by atoms with Gasteiger partial charge in [0.2, 0.25) is 0 Å². The number of hydrogen-bond acceptors (Lipinski definition) is 2. The third kappa shape index (κ3) is 3.22. The number of ether oxygens (including phenoxy) is 1. The maximum absolute atomic E-state index is 6.55. The van der Waals surface area contributed by atoms with Gasteiger partial charge in [0.1, 0.15) is 11.5 Å². The van der Waals surface area contributed by atoms with Crippen molar-refractivity contribution in [3.05, 3.63) is 168 Å². The molecule has 6 aromatic rings. The van der Waals surface area contributed by atoms with Gasteiger partial charge >= 0.3 is 0 Å². The molecule has 0 fully saturated rings. The van der Waals surface area contributed by atoms with E-state index in [4.69, 9.17) is 4.74 Å². The zero-order chi connectivity index (χ0) is 25.8. The summed E-state index contributed by atoms with van der Waals surface area (Å²) < 4.78 is 6.55. The second-order valence-electron chi connectivity index (χ2n) is 10.2. The van der Waals surface area contributed by atoms with Crippen LogP contribution in [0, 0.1) is 0 Å². The normalized spacial score (nSPS) is 13.5. The third-order valence-corrected chi connectivity index (χ3v) is 8.11. The van der Waals surface area contributed by atoms with Gasteiger partial charge in [-0.25, -0.2) is 0 Å². The van der Waals surface area contributed by atoms with Gasteiger partial charge in [0.05, 0.1) is 5.41 Å². The Hall–Kier alpha value is -5.08. The lowest BCUT2D eigenvalue weighted by molar-refractivity contribution is 0.436. The number of anilines is 2. The van der Waals surface area contributed by atoms with Crippen LogP contribution < -0.4 is 10.1 Å². The molecule has 6 aromatic carbocycles. The zero-order valence-corrected chi connectivity index (χ0v) is 21.3. The number of fused-ring (bicyclic) bond motifs is 9. The molecular weight excluding hydrogens is 474 g/mol. The molecule has 0 atom stereocenters. The Morgan fingerprint density at radius 1 is 0.410 bits per heavy atom. The van der Waals surface area contributed by atoms with Crippen molar-refractivity contribution in [2.75, 3.05) is 5.32 Å². The SMILES string of the molecule is c1ccc(-c2cccc(Nc3ccc4c(c3)C3(c5ccccc5O4)c4ccccc4-c4ccccc43)c2)cc1. The van der Waals surface area contributed by atoms with E-state index in [-0.39, 0.29) is 0 Å². The van der Waals surface area contributed by atoms with E-state index in [1.807, 2.05) is 6.07 Å². The molecule has 39 heavy (non-hydrogen) atoms. The summed E-state index contributed by atoms with van der Waals surface area (Å²) in [5.74, 6) is 1.80. The van der Waals surface area contributed by atoms with Crippen LogP contribution in [0.15, 0.2) is 146 Å². The smallest absolute Gasteiger partial charge is 0.132 e. The van der Waals surface area contributed by atoms with E-state index in [2.05, 4.69) is 145 Å². The standard InChI is InChI=1S/C37H25NO/c1-2-11-25(12-3-1)26-13-10-14-27(23-26)38-28-21-22-36-34(24-28)37(33-19-8-9-20-35(33)39-36)31-17-6-4-15-29(31)30-16-5-7-18-32(30)37/h1-24,38H. The zero-order valence-electron chi connectivity index (χ0n) is 21.3. The van der Waals surface area contributed by atoms with Crippen molar-refractivity contribution >= 4 is 11.4 Å². The third-order valence-electron chi connectivity index (χ3n) is 8.11. The number of nitrogens with one attached hydrogen (secondary N) is 1.